The summed E-state index contributed by atoms with van der Waals surface area (Å²) in [6.07, 6.45) is 9.55. The summed E-state index contributed by atoms with van der Waals surface area (Å²) < 4.78 is 0. The van der Waals surface area contributed by atoms with Crippen LogP contribution in [-0.2, 0) is 0 Å². The highest BCUT2D eigenvalue weighted by Crippen LogP contribution is 2.12. The standard InChI is InChI=1S/C18H26N4/c1-3-17(18-9-5-6-10-20-18)21-15-16(2)19-11-14-22-12-7-4-8-13-22/h3,5-6,9-10,15,19H,2,4,7-8,11-14H2,1H3/b17-3-,21-15?. The Balaban J connectivity index is 1.75. The second-order valence-electron chi connectivity index (χ2n) is 5.50. The monoisotopic (exact) mass is 298 g/mol. The van der Waals surface area contributed by atoms with Gasteiger partial charge in [0.05, 0.1) is 17.6 Å². The van der Waals surface area contributed by atoms with Gasteiger partial charge in [-0.05, 0) is 45.0 Å². The lowest BCUT2D eigenvalue weighted by molar-refractivity contribution is 0.231. The summed E-state index contributed by atoms with van der Waals surface area (Å²) in [6, 6.07) is 5.83. The van der Waals surface area contributed by atoms with Gasteiger partial charge in [0.25, 0.3) is 0 Å². The number of nitrogens with one attached hydrogen (secondary N) is 1. The first-order valence-electron chi connectivity index (χ1n) is 8.06. The van der Waals surface area contributed by atoms with E-state index in [1.165, 1.54) is 32.4 Å². The normalized spacial score (nSPS) is 16.9. The molecule has 1 fully saturated rings. The molecule has 22 heavy (non-hydrogen) atoms. The minimum absolute atomic E-state index is 0.840. The van der Waals surface area contributed by atoms with E-state index in [9.17, 15) is 0 Å². The van der Waals surface area contributed by atoms with Crippen LogP contribution in [0.3, 0.4) is 0 Å². The number of hydrogen-bond acceptors (Lipinski definition) is 4. The zero-order valence-electron chi connectivity index (χ0n) is 13.5. The van der Waals surface area contributed by atoms with E-state index >= 15 is 0 Å². The molecule has 0 unspecified atom stereocenters. The van der Waals surface area contributed by atoms with Crippen LogP contribution in [0.25, 0.3) is 5.70 Å². The van der Waals surface area contributed by atoms with Crippen molar-refractivity contribution in [2.24, 2.45) is 4.99 Å². The maximum atomic E-state index is 4.48. The third-order valence-corrected chi connectivity index (χ3v) is 3.79. The number of aliphatic imine (C=N–C) groups is 1. The molecule has 2 heterocycles. The van der Waals surface area contributed by atoms with Gasteiger partial charge in [-0.25, -0.2) is 0 Å². The maximum Gasteiger partial charge on any atom is 0.0882 e. The number of nitrogens with zero attached hydrogens (tertiary/aromatic N) is 3. The summed E-state index contributed by atoms with van der Waals surface area (Å²) in [5, 5.41) is 3.33. The molecule has 1 aromatic heterocycles. The fourth-order valence-electron chi connectivity index (χ4n) is 2.55. The Hall–Kier alpha value is -1.94. The first kappa shape index (κ1) is 16.4. The van der Waals surface area contributed by atoms with Crippen molar-refractivity contribution in [3.63, 3.8) is 0 Å². The number of hydrogen-bond donors (Lipinski definition) is 1. The molecule has 0 saturated carbocycles. The Bertz CT molecular complexity index is 513. The molecule has 0 bridgehead atoms. The second kappa shape index (κ2) is 9.15. The van der Waals surface area contributed by atoms with Crippen LogP contribution >= 0.6 is 0 Å². The molecule has 1 aromatic rings. The summed E-state index contributed by atoms with van der Waals surface area (Å²) in [5.74, 6) is 0. The third kappa shape index (κ3) is 5.45. The predicted octanol–water partition coefficient (Wildman–Crippen LogP) is 3.10. The van der Waals surface area contributed by atoms with E-state index in [1.54, 1.807) is 12.4 Å². The molecule has 118 valence electrons. The molecule has 1 N–H and O–H groups in total. The van der Waals surface area contributed by atoms with E-state index in [2.05, 4.69) is 26.8 Å². The van der Waals surface area contributed by atoms with Crippen molar-refractivity contribution in [1.82, 2.24) is 15.2 Å². The van der Waals surface area contributed by atoms with Gasteiger partial charge in [0.1, 0.15) is 0 Å². The van der Waals surface area contributed by atoms with E-state index in [0.717, 1.165) is 30.2 Å². The lowest BCUT2D eigenvalue weighted by atomic mass is 10.1. The van der Waals surface area contributed by atoms with Crippen molar-refractivity contribution < 1.29 is 0 Å². The van der Waals surface area contributed by atoms with Crippen LogP contribution in [0.4, 0.5) is 0 Å². The van der Waals surface area contributed by atoms with Gasteiger partial charge >= 0.3 is 0 Å². The topological polar surface area (TPSA) is 40.5 Å². The van der Waals surface area contributed by atoms with Crippen LogP contribution in [0.2, 0.25) is 0 Å². The highest BCUT2D eigenvalue weighted by molar-refractivity contribution is 5.82. The quantitative estimate of drug-likeness (QED) is 0.786. The van der Waals surface area contributed by atoms with Gasteiger partial charge in [-0.15, -0.1) is 0 Å². The average molecular weight is 298 g/mol. The van der Waals surface area contributed by atoms with Crippen molar-refractivity contribution in [3.8, 4) is 0 Å². The van der Waals surface area contributed by atoms with E-state index < -0.39 is 0 Å². The number of pyridine rings is 1. The summed E-state index contributed by atoms with van der Waals surface area (Å²) in [6.45, 7) is 10.4. The van der Waals surface area contributed by atoms with Gasteiger partial charge in [0, 0.05) is 25.0 Å². The van der Waals surface area contributed by atoms with Crippen molar-refractivity contribution in [2.45, 2.75) is 26.2 Å². The molecule has 4 heteroatoms. The molecule has 0 radical (unpaired) electrons. The molecule has 0 spiro atoms. The number of likely N-dealkylation sites (tertiary alicyclic amines) is 1. The Morgan fingerprint density at radius 2 is 2.18 bits per heavy atom. The number of aromatic nitrogens is 1. The van der Waals surface area contributed by atoms with Crippen LogP contribution in [0.5, 0.6) is 0 Å². The van der Waals surface area contributed by atoms with Crippen LogP contribution in [0.15, 0.2) is 47.7 Å². The Morgan fingerprint density at radius 3 is 2.86 bits per heavy atom. The maximum absolute atomic E-state index is 4.48. The van der Waals surface area contributed by atoms with Gasteiger partial charge in [-0.1, -0.05) is 25.1 Å². The molecule has 0 aromatic carbocycles. The largest absolute Gasteiger partial charge is 0.383 e. The zero-order chi connectivity index (χ0) is 15.6. The van der Waals surface area contributed by atoms with Crippen LogP contribution in [0.1, 0.15) is 31.9 Å². The van der Waals surface area contributed by atoms with Crippen molar-refractivity contribution >= 4 is 11.9 Å². The molecule has 0 amide bonds. The third-order valence-electron chi connectivity index (χ3n) is 3.79. The highest BCUT2D eigenvalue weighted by atomic mass is 15.1. The lowest BCUT2D eigenvalue weighted by Gasteiger charge is -2.26. The minimum Gasteiger partial charge on any atom is -0.383 e. The summed E-state index contributed by atoms with van der Waals surface area (Å²) in [5.41, 5.74) is 2.58. The molecule has 0 atom stereocenters. The molecule has 1 aliphatic heterocycles. The first-order valence-corrected chi connectivity index (χ1v) is 8.06. The molecule has 0 aliphatic carbocycles. The molecular weight excluding hydrogens is 272 g/mol. The van der Waals surface area contributed by atoms with Crippen LogP contribution in [0, 0.1) is 0 Å². The zero-order valence-corrected chi connectivity index (χ0v) is 13.5. The van der Waals surface area contributed by atoms with Crippen LogP contribution in [-0.4, -0.2) is 42.3 Å². The van der Waals surface area contributed by atoms with Gasteiger partial charge in [-0.2, -0.15) is 0 Å². The smallest absolute Gasteiger partial charge is 0.0882 e. The van der Waals surface area contributed by atoms with Crippen molar-refractivity contribution in [1.29, 1.82) is 0 Å². The molecule has 1 saturated heterocycles. The van der Waals surface area contributed by atoms with Gasteiger partial charge < -0.3 is 10.2 Å². The van der Waals surface area contributed by atoms with E-state index in [4.69, 9.17) is 0 Å². The predicted molar refractivity (Wildman–Crippen MR) is 93.8 cm³/mol. The molecule has 1 aliphatic rings. The molecule has 4 nitrogen and oxygen atoms in total. The van der Waals surface area contributed by atoms with Crippen LogP contribution < -0.4 is 5.32 Å². The second-order valence-corrected chi connectivity index (χ2v) is 5.50. The van der Waals surface area contributed by atoms with Crippen molar-refractivity contribution in [3.05, 3.63) is 48.4 Å². The summed E-state index contributed by atoms with van der Waals surface area (Å²) in [7, 11) is 0. The Labute approximate surface area is 133 Å². The fraction of sp³-hybridized carbons (Fsp3) is 0.444. The lowest BCUT2D eigenvalue weighted by Crippen LogP contribution is -2.35. The summed E-state index contributed by atoms with van der Waals surface area (Å²) in [4.78, 5) is 11.3. The fourth-order valence-corrected chi connectivity index (χ4v) is 2.55. The van der Waals surface area contributed by atoms with E-state index in [0.29, 0.717) is 0 Å². The Kier molecular flexibility index (Phi) is 6.84. The Morgan fingerprint density at radius 1 is 1.36 bits per heavy atom. The number of allylic oxidation sites excluding steroid dienone is 2. The minimum atomic E-state index is 0.840. The van der Waals surface area contributed by atoms with E-state index in [1.807, 2.05) is 31.2 Å². The molecular formula is C18H26N4. The number of piperidine rings is 1. The van der Waals surface area contributed by atoms with E-state index in [-0.39, 0.29) is 0 Å². The van der Waals surface area contributed by atoms with Gasteiger partial charge in [0.15, 0.2) is 0 Å². The van der Waals surface area contributed by atoms with Gasteiger partial charge in [0.2, 0.25) is 0 Å². The number of rotatable bonds is 7. The van der Waals surface area contributed by atoms with Gasteiger partial charge in [-0.3, -0.25) is 9.98 Å². The average Bonchev–Trinajstić information content (AvgIpc) is 2.57. The summed E-state index contributed by atoms with van der Waals surface area (Å²) >= 11 is 0. The molecule has 2 rings (SSSR count). The highest BCUT2D eigenvalue weighted by Gasteiger charge is 2.08. The first-order chi connectivity index (χ1) is 10.8. The SMILES string of the molecule is C=C(C=N/C(=C\C)c1ccccn1)NCCN1CCCCC1. The van der Waals surface area contributed by atoms with Crippen molar-refractivity contribution in [2.75, 3.05) is 26.2 Å².